The number of hydrogen-bond donors (Lipinski definition) is 4. The summed E-state index contributed by atoms with van der Waals surface area (Å²) in [6, 6.07) is 7.57. The van der Waals surface area contributed by atoms with E-state index in [1.54, 1.807) is 19.0 Å². The number of carboxylic acids is 1. The largest absolute Gasteiger partial charge is 0.477 e. The number of carbonyl (C=O) groups is 3. The number of anilines is 2. The number of halogens is 2. The SMILES string of the molecule is CN(C)c1cc(C(N)=O)c(C(=O)Nc2n[nH]c3c2CN(S(=O)(=O)c2cc(F)cc(F)c2)CC3)cc1-n1cccc1C(=O)O. The van der Waals surface area contributed by atoms with Gasteiger partial charge in [0.25, 0.3) is 5.91 Å². The third kappa shape index (κ3) is 5.44. The summed E-state index contributed by atoms with van der Waals surface area (Å²) in [6.07, 6.45) is 1.65. The van der Waals surface area contributed by atoms with Crippen molar-refractivity contribution in [2.45, 2.75) is 17.9 Å². The lowest BCUT2D eigenvalue weighted by molar-refractivity contribution is 0.0687. The highest BCUT2D eigenvalue weighted by Gasteiger charge is 2.33. The number of amides is 2. The number of H-pyrrole nitrogens is 1. The highest BCUT2D eigenvalue weighted by molar-refractivity contribution is 7.89. The van der Waals surface area contributed by atoms with Crippen molar-refractivity contribution in [3.8, 4) is 5.69 Å². The standard InChI is InChI=1S/C27H25F2N7O6S/c1-34(2)22-11-17(24(30)37)18(12-23(22)36-6-3-4-21(36)27(39)40)26(38)31-25-19-13-35(7-5-20(19)32-33-25)43(41,42)16-9-14(28)8-15(29)10-16/h3-4,6,8-12H,5,7,13H2,1-2H3,(H2,30,37)(H,39,40)(H2,31,32,33,38). The Hall–Kier alpha value is -5.09. The zero-order valence-corrected chi connectivity index (χ0v) is 23.6. The van der Waals surface area contributed by atoms with E-state index in [-0.39, 0.29) is 47.8 Å². The summed E-state index contributed by atoms with van der Waals surface area (Å²) in [5, 5.41) is 19.1. The lowest BCUT2D eigenvalue weighted by Gasteiger charge is -2.26. The summed E-state index contributed by atoms with van der Waals surface area (Å²) in [5.74, 6) is -5.10. The summed E-state index contributed by atoms with van der Waals surface area (Å²) < 4.78 is 56.3. The lowest BCUT2D eigenvalue weighted by atomic mass is 10.0. The number of aromatic nitrogens is 3. The molecule has 16 heteroatoms. The third-order valence-electron chi connectivity index (χ3n) is 6.94. The number of nitrogens with one attached hydrogen (secondary N) is 2. The normalized spacial score (nSPS) is 13.4. The van der Waals surface area contributed by atoms with Crippen molar-refractivity contribution in [2.75, 3.05) is 30.9 Å². The van der Waals surface area contributed by atoms with Crippen molar-refractivity contribution in [2.24, 2.45) is 5.73 Å². The van der Waals surface area contributed by atoms with E-state index < -0.39 is 44.3 Å². The molecule has 0 spiro atoms. The van der Waals surface area contributed by atoms with Crippen molar-refractivity contribution in [1.29, 1.82) is 0 Å². The van der Waals surface area contributed by atoms with E-state index >= 15 is 0 Å². The highest BCUT2D eigenvalue weighted by Crippen LogP contribution is 2.32. The first-order chi connectivity index (χ1) is 20.3. The molecule has 5 rings (SSSR count). The van der Waals surface area contributed by atoms with Crippen LogP contribution in [0.25, 0.3) is 5.69 Å². The van der Waals surface area contributed by atoms with Gasteiger partial charge < -0.3 is 25.6 Å². The predicted octanol–water partition coefficient (Wildman–Crippen LogP) is 2.34. The first kappa shape index (κ1) is 29.4. The molecule has 5 N–H and O–H groups in total. The fourth-order valence-electron chi connectivity index (χ4n) is 4.87. The van der Waals surface area contributed by atoms with Gasteiger partial charge in [-0.3, -0.25) is 14.7 Å². The van der Waals surface area contributed by atoms with E-state index in [0.717, 1.165) is 4.31 Å². The van der Waals surface area contributed by atoms with Gasteiger partial charge in [-0.25, -0.2) is 22.0 Å². The van der Waals surface area contributed by atoms with Crippen molar-refractivity contribution >= 4 is 39.3 Å². The Bertz CT molecular complexity index is 1880. The van der Waals surface area contributed by atoms with Gasteiger partial charge in [0.2, 0.25) is 15.9 Å². The number of fused-ring (bicyclic) bond motifs is 1. The molecule has 2 aromatic carbocycles. The number of aromatic amines is 1. The molecule has 0 unspecified atom stereocenters. The number of rotatable bonds is 8. The van der Waals surface area contributed by atoms with Crippen molar-refractivity contribution < 1.29 is 36.7 Å². The molecule has 3 heterocycles. The molecule has 4 aromatic rings. The predicted molar refractivity (Wildman–Crippen MR) is 150 cm³/mol. The molecular formula is C27H25F2N7O6S. The second kappa shape index (κ2) is 11.0. The molecule has 224 valence electrons. The Morgan fingerprint density at radius 2 is 1.79 bits per heavy atom. The molecule has 0 saturated heterocycles. The van der Waals surface area contributed by atoms with E-state index in [4.69, 9.17) is 5.73 Å². The molecule has 0 bridgehead atoms. The Balaban J connectivity index is 1.51. The number of aromatic carboxylic acids is 1. The van der Waals surface area contributed by atoms with E-state index in [9.17, 15) is 36.7 Å². The summed E-state index contributed by atoms with van der Waals surface area (Å²) in [5.41, 5.74) is 6.68. The van der Waals surface area contributed by atoms with Gasteiger partial charge in [-0.1, -0.05) is 0 Å². The van der Waals surface area contributed by atoms with Crippen LogP contribution < -0.4 is 16.0 Å². The van der Waals surface area contributed by atoms with Crippen LogP contribution in [0.5, 0.6) is 0 Å². The van der Waals surface area contributed by atoms with Gasteiger partial charge in [0, 0.05) is 57.1 Å². The van der Waals surface area contributed by atoms with Crippen LogP contribution in [0.2, 0.25) is 0 Å². The number of hydrogen-bond acceptors (Lipinski definition) is 7. The fraction of sp³-hybridized carbons (Fsp3) is 0.185. The molecule has 1 aliphatic rings. The van der Waals surface area contributed by atoms with Gasteiger partial charge >= 0.3 is 5.97 Å². The summed E-state index contributed by atoms with van der Waals surface area (Å²) in [4.78, 5) is 38.9. The smallest absolute Gasteiger partial charge is 0.352 e. The number of carboxylic acid groups (broad SMARTS) is 1. The van der Waals surface area contributed by atoms with E-state index in [1.807, 2.05) is 0 Å². The minimum absolute atomic E-state index is 0.0208. The van der Waals surface area contributed by atoms with Crippen LogP contribution in [0.1, 0.15) is 42.5 Å². The van der Waals surface area contributed by atoms with Gasteiger partial charge in [-0.05, 0) is 36.4 Å². The van der Waals surface area contributed by atoms with Crippen LogP contribution in [0.3, 0.4) is 0 Å². The van der Waals surface area contributed by atoms with Gasteiger partial charge in [-0.2, -0.15) is 9.40 Å². The molecule has 0 atom stereocenters. The lowest BCUT2D eigenvalue weighted by Crippen LogP contribution is -2.36. The first-order valence-corrected chi connectivity index (χ1v) is 14.1. The van der Waals surface area contributed by atoms with Gasteiger partial charge in [-0.15, -0.1) is 0 Å². The Morgan fingerprint density at radius 3 is 2.42 bits per heavy atom. The molecule has 43 heavy (non-hydrogen) atoms. The highest BCUT2D eigenvalue weighted by atomic mass is 32.2. The number of benzene rings is 2. The number of nitrogens with zero attached hydrogens (tertiary/aromatic N) is 4. The van der Waals surface area contributed by atoms with Crippen LogP contribution in [-0.4, -0.2) is 71.0 Å². The molecule has 13 nitrogen and oxygen atoms in total. The Labute approximate surface area is 243 Å². The van der Waals surface area contributed by atoms with Crippen molar-refractivity contribution in [1.82, 2.24) is 19.1 Å². The molecule has 0 fully saturated rings. The van der Waals surface area contributed by atoms with Crippen molar-refractivity contribution in [3.63, 3.8) is 0 Å². The second-order valence-electron chi connectivity index (χ2n) is 9.89. The van der Waals surface area contributed by atoms with Crippen LogP contribution in [0, 0.1) is 11.6 Å². The molecule has 0 saturated carbocycles. The second-order valence-corrected chi connectivity index (χ2v) is 11.8. The maximum atomic E-state index is 13.8. The number of carbonyl (C=O) groups excluding carboxylic acids is 2. The van der Waals surface area contributed by atoms with E-state index in [1.165, 1.54) is 35.0 Å². The minimum Gasteiger partial charge on any atom is -0.477 e. The van der Waals surface area contributed by atoms with E-state index in [0.29, 0.717) is 35.1 Å². The zero-order valence-electron chi connectivity index (χ0n) is 22.8. The monoisotopic (exact) mass is 613 g/mol. The summed E-state index contributed by atoms with van der Waals surface area (Å²) >= 11 is 0. The topological polar surface area (TPSA) is 184 Å². The molecule has 2 amide bonds. The van der Waals surface area contributed by atoms with Crippen LogP contribution >= 0.6 is 0 Å². The fourth-order valence-corrected chi connectivity index (χ4v) is 6.32. The Kier molecular flexibility index (Phi) is 7.49. The van der Waals surface area contributed by atoms with Crippen LogP contribution in [0.4, 0.5) is 20.3 Å². The zero-order chi connectivity index (χ0) is 31.2. The molecule has 0 aliphatic carbocycles. The average Bonchev–Trinajstić information content (AvgIpc) is 3.59. The number of sulfonamides is 1. The summed E-state index contributed by atoms with van der Waals surface area (Å²) in [7, 11) is -0.979. The first-order valence-electron chi connectivity index (χ1n) is 12.7. The van der Waals surface area contributed by atoms with Gasteiger partial charge in [0.1, 0.15) is 17.3 Å². The van der Waals surface area contributed by atoms with E-state index in [2.05, 4.69) is 15.5 Å². The molecule has 1 aliphatic heterocycles. The maximum absolute atomic E-state index is 13.8. The maximum Gasteiger partial charge on any atom is 0.352 e. The average molecular weight is 614 g/mol. The minimum atomic E-state index is -4.32. The van der Waals surface area contributed by atoms with Gasteiger partial charge in [0.15, 0.2) is 5.82 Å². The molecular weight excluding hydrogens is 588 g/mol. The summed E-state index contributed by atoms with van der Waals surface area (Å²) in [6.45, 7) is -0.298. The number of primary amides is 1. The van der Waals surface area contributed by atoms with Crippen LogP contribution in [0.15, 0.2) is 53.6 Å². The Morgan fingerprint density at radius 1 is 1.09 bits per heavy atom. The molecule has 0 radical (unpaired) electrons. The van der Waals surface area contributed by atoms with Crippen LogP contribution in [-0.2, 0) is 23.0 Å². The van der Waals surface area contributed by atoms with Gasteiger partial charge in [0.05, 0.1) is 27.4 Å². The quantitative estimate of drug-likeness (QED) is 0.233. The van der Waals surface area contributed by atoms with Crippen molar-refractivity contribution in [3.05, 3.63) is 88.4 Å². The third-order valence-corrected chi connectivity index (χ3v) is 8.76. The number of nitrogens with two attached hydrogens (primary N) is 1. The molecule has 2 aromatic heterocycles.